The number of nitrogens with zero attached hydrogens (tertiary/aromatic N) is 3. The van der Waals surface area contributed by atoms with Crippen LogP contribution in [0.15, 0.2) is 48.6 Å². The standard InChI is InChI=1S/C57H105N5O6/c1-10-12-14-16-18-20-22-24-26-28-30-32-34-36-38-40-52(63)61(54(50(3)4)56(65)58-42-48-67-8)46-44-60(7)45-47-62(55(51(5)6)57(66)59-43-49-68-9)53(64)41-39-37-35-33-31-29-27-25-23-21-19-17-15-13-11-2/h18-21,24-27,50-51,54-55H,10-17,22-23,28-49H2,1-9H3,(H,58,65)(H,59,66)/b20-18-,21-19-,26-24-,27-25-. The SMILES string of the molecule is CCCCC/C=C\C/C=C\CCCCCCCC(=O)N(CCN(C)CCN(C(=O)CCCCCCC/C=C\C/C=C\CCCCC)C(C(=O)NCCOC)C(C)C)C(C(=O)NCCOC)C(C)C. The summed E-state index contributed by atoms with van der Waals surface area (Å²) in [6, 6.07) is -1.23. The summed E-state index contributed by atoms with van der Waals surface area (Å²) in [6.07, 6.45) is 43.5. The van der Waals surface area contributed by atoms with Gasteiger partial charge in [-0.2, -0.15) is 0 Å². The molecule has 4 amide bonds. The second-order valence-corrected chi connectivity index (χ2v) is 19.4. The molecule has 0 heterocycles. The number of carbonyl (C=O) groups is 4. The number of allylic oxidation sites excluding steroid dienone is 8. The number of carbonyl (C=O) groups excluding carboxylic acids is 4. The van der Waals surface area contributed by atoms with Gasteiger partial charge < -0.3 is 34.8 Å². The lowest BCUT2D eigenvalue weighted by Crippen LogP contribution is -2.55. The van der Waals surface area contributed by atoms with Gasteiger partial charge in [0, 0.05) is 66.3 Å². The summed E-state index contributed by atoms with van der Waals surface area (Å²) in [4.78, 5) is 61.0. The van der Waals surface area contributed by atoms with Crippen molar-refractivity contribution in [3.05, 3.63) is 48.6 Å². The van der Waals surface area contributed by atoms with Gasteiger partial charge in [0.25, 0.3) is 0 Å². The molecule has 0 rings (SSSR count). The molecule has 0 aliphatic carbocycles. The van der Waals surface area contributed by atoms with Crippen molar-refractivity contribution in [1.82, 2.24) is 25.3 Å². The van der Waals surface area contributed by atoms with E-state index in [2.05, 4.69) is 78.0 Å². The van der Waals surface area contributed by atoms with Crippen LogP contribution in [0.5, 0.6) is 0 Å². The molecule has 0 bridgehead atoms. The number of hydrogen-bond donors (Lipinski definition) is 2. The van der Waals surface area contributed by atoms with Crippen LogP contribution in [0, 0.1) is 11.8 Å². The molecule has 394 valence electrons. The summed E-state index contributed by atoms with van der Waals surface area (Å²) in [7, 11) is 5.19. The van der Waals surface area contributed by atoms with Crippen LogP contribution in [-0.4, -0.2) is 124 Å². The van der Waals surface area contributed by atoms with Gasteiger partial charge in [0.05, 0.1) is 13.2 Å². The zero-order valence-electron chi connectivity index (χ0n) is 45.3. The average Bonchev–Trinajstić information content (AvgIpc) is 3.31. The summed E-state index contributed by atoms with van der Waals surface area (Å²) >= 11 is 0. The van der Waals surface area contributed by atoms with Crippen molar-refractivity contribution in [2.45, 2.75) is 208 Å². The van der Waals surface area contributed by atoms with Gasteiger partial charge in [-0.1, -0.05) is 154 Å². The van der Waals surface area contributed by atoms with E-state index in [0.29, 0.717) is 65.3 Å². The van der Waals surface area contributed by atoms with Crippen LogP contribution in [0.4, 0.5) is 0 Å². The van der Waals surface area contributed by atoms with Crippen LogP contribution < -0.4 is 10.6 Å². The maximum absolute atomic E-state index is 14.0. The molecule has 0 saturated heterocycles. The van der Waals surface area contributed by atoms with Gasteiger partial charge >= 0.3 is 0 Å². The smallest absolute Gasteiger partial charge is 0.243 e. The Bertz CT molecular complexity index is 1260. The molecular weight excluding hydrogens is 851 g/mol. The van der Waals surface area contributed by atoms with Crippen molar-refractivity contribution in [2.24, 2.45) is 11.8 Å². The molecule has 0 saturated carbocycles. The number of nitrogens with one attached hydrogen (secondary N) is 2. The Morgan fingerprint density at radius 3 is 1.10 bits per heavy atom. The zero-order valence-corrected chi connectivity index (χ0v) is 45.3. The van der Waals surface area contributed by atoms with Crippen molar-refractivity contribution in [2.75, 3.05) is 73.7 Å². The van der Waals surface area contributed by atoms with Gasteiger partial charge in [0.15, 0.2) is 0 Å². The zero-order chi connectivity index (χ0) is 50.5. The molecule has 0 aromatic carbocycles. The third-order valence-electron chi connectivity index (χ3n) is 12.5. The molecule has 68 heavy (non-hydrogen) atoms. The first-order valence-corrected chi connectivity index (χ1v) is 27.4. The monoisotopic (exact) mass is 956 g/mol. The first-order valence-electron chi connectivity index (χ1n) is 27.4. The highest BCUT2D eigenvalue weighted by Gasteiger charge is 2.34. The molecule has 2 unspecified atom stereocenters. The molecule has 0 aliphatic heterocycles. The Balaban J connectivity index is 5.52. The summed E-state index contributed by atoms with van der Waals surface area (Å²) in [5.74, 6) is -0.544. The maximum Gasteiger partial charge on any atom is 0.243 e. The van der Waals surface area contributed by atoms with Crippen LogP contribution in [-0.2, 0) is 28.7 Å². The van der Waals surface area contributed by atoms with Gasteiger partial charge in [-0.05, 0) is 95.9 Å². The van der Waals surface area contributed by atoms with Crippen LogP contribution >= 0.6 is 0 Å². The highest BCUT2D eigenvalue weighted by molar-refractivity contribution is 5.88. The summed E-state index contributed by atoms with van der Waals surface area (Å²) < 4.78 is 10.4. The number of methoxy groups -OCH3 is 2. The van der Waals surface area contributed by atoms with Crippen LogP contribution in [0.3, 0.4) is 0 Å². The Kier molecular flexibility index (Phi) is 43.9. The first kappa shape index (κ1) is 64.7. The number of likely N-dealkylation sites (N-methyl/N-ethyl adjacent to an activating group) is 1. The number of amides is 4. The maximum atomic E-state index is 14.0. The summed E-state index contributed by atoms with van der Waals surface area (Å²) in [6.45, 7) is 15.8. The third kappa shape index (κ3) is 34.9. The van der Waals surface area contributed by atoms with E-state index in [1.54, 1.807) is 24.0 Å². The molecule has 11 heteroatoms. The van der Waals surface area contributed by atoms with Gasteiger partial charge in [0.1, 0.15) is 12.1 Å². The van der Waals surface area contributed by atoms with Crippen molar-refractivity contribution < 1.29 is 28.7 Å². The second kappa shape index (κ2) is 46.1. The number of rotatable bonds is 46. The van der Waals surface area contributed by atoms with E-state index in [1.165, 1.54) is 51.4 Å². The van der Waals surface area contributed by atoms with E-state index in [9.17, 15) is 19.2 Å². The summed E-state index contributed by atoms with van der Waals surface area (Å²) in [5.41, 5.74) is 0. The Hall–Kier alpha value is -3.28. The topological polar surface area (TPSA) is 121 Å². The van der Waals surface area contributed by atoms with Gasteiger partial charge in [0.2, 0.25) is 23.6 Å². The van der Waals surface area contributed by atoms with E-state index < -0.39 is 12.1 Å². The average molecular weight is 956 g/mol. The minimum atomic E-state index is -0.617. The molecule has 0 spiro atoms. The van der Waals surface area contributed by atoms with E-state index in [1.807, 2.05) is 34.7 Å². The van der Waals surface area contributed by atoms with E-state index in [0.717, 1.165) is 89.9 Å². The molecular formula is C57H105N5O6. The molecule has 11 nitrogen and oxygen atoms in total. The minimum Gasteiger partial charge on any atom is -0.383 e. The normalized spacial score (nSPS) is 13.0. The predicted octanol–water partition coefficient (Wildman–Crippen LogP) is 11.8. The molecule has 0 aliphatic rings. The molecule has 2 atom stereocenters. The van der Waals surface area contributed by atoms with Crippen molar-refractivity contribution in [1.29, 1.82) is 0 Å². The molecule has 0 aromatic heterocycles. The van der Waals surface area contributed by atoms with Crippen molar-refractivity contribution >= 4 is 23.6 Å². The third-order valence-corrected chi connectivity index (χ3v) is 12.5. The van der Waals surface area contributed by atoms with E-state index in [4.69, 9.17) is 9.47 Å². The van der Waals surface area contributed by atoms with Crippen LogP contribution in [0.1, 0.15) is 196 Å². The van der Waals surface area contributed by atoms with Crippen LogP contribution in [0.25, 0.3) is 0 Å². The molecule has 0 aromatic rings. The Labute approximate surface area is 418 Å². The molecule has 0 radical (unpaired) electrons. The Morgan fingerprint density at radius 1 is 0.456 bits per heavy atom. The van der Waals surface area contributed by atoms with Crippen molar-refractivity contribution in [3.63, 3.8) is 0 Å². The fourth-order valence-corrected chi connectivity index (χ4v) is 8.34. The van der Waals surface area contributed by atoms with Gasteiger partial charge in [-0.25, -0.2) is 0 Å². The minimum absolute atomic E-state index is 0.00790. The largest absolute Gasteiger partial charge is 0.383 e. The molecule has 0 fully saturated rings. The quantitative estimate of drug-likeness (QED) is 0.0460. The fraction of sp³-hybridized carbons (Fsp3) is 0.789. The first-order chi connectivity index (χ1) is 33.0. The number of ether oxygens (including phenoxy) is 2. The number of hydrogen-bond acceptors (Lipinski definition) is 7. The summed E-state index contributed by atoms with van der Waals surface area (Å²) in [5, 5.41) is 5.97. The van der Waals surface area contributed by atoms with Crippen LogP contribution in [0.2, 0.25) is 0 Å². The Morgan fingerprint density at radius 2 is 0.779 bits per heavy atom. The predicted molar refractivity (Wildman–Crippen MR) is 287 cm³/mol. The number of unbranched alkanes of at least 4 members (excludes halogenated alkanes) is 16. The lowest BCUT2D eigenvalue weighted by atomic mass is 10.00. The lowest BCUT2D eigenvalue weighted by Gasteiger charge is -2.36. The van der Waals surface area contributed by atoms with Gasteiger partial charge in [-0.15, -0.1) is 0 Å². The second-order valence-electron chi connectivity index (χ2n) is 19.4. The lowest BCUT2D eigenvalue weighted by molar-refractivity contribution is -0.143. The van der Waals surface area contributed by atoms with E-state index in [-0.39, 0.29) is 35.5 Å². The molecule has 2 N–H and O–H groups in total. The fourth-order valence-electron chi connectivity index (χ4n) is 8.34. The van der Waals surface area contributed by atoms with Gasteiger partial charge in [-0.3, -0.25) is 19.2 Å². The highest BCUT2D eigenvalue weighted by atomic mass is 16.5. The van der Waals surface area contributed by atoms with E-state index >= 15 is 0 Å². The highest BCUT2D eigenvalue weighted by Crippen LogP contribution is 2.18. The van der Waals surface area contributed by atoms with Crippen molar-refractivity contribution in [3.8, 4) is 0 Å².